The molecule has 0 spiro atoms. The van der Waals surface area contributed by atoms with Crippen molar-refractivity contribution in [2.45, 2.75) is 67.9 Å². The highest BCUT2D eigenvalue weighted by Gasteiger charge is 2.47. The van der Waals surface area contributed by atoms with E-state index < -0.39 is 18.0 Å². The number of thioether (sulfide) groups is 1. The highest BCUT2D eigenvalue weighted by Crippen LogP contribution is 2.42. The molecule has 2 aliphatic rings. The summed E-state index contributed by atoms with van der Waals surface area (Å²) in [5.41, 5.74) is 5.76. The lowest BCUT2D eigenvalue weighted by Gasteiger charge is -2.44. The average Bonchev–Trinajstić information content (AvgIpc) is 2.49. The number of carbonyl (C=O) groups excluding carboxylic acids is 1. The van der Waals surface area contributed by atoms with E-state index in [9.17, 15) is 18.0 Å². The number of nitrogens with two attached hydrogens (primary N) is 1. The standard InChI is InChI=1S/C16H26BrF3N2OS/c1-10-13(6-7-14(17)21)22(15(23)9-24-10)8-11-4-2-3-5-12(11)16(18,19)20/h10-14H,2-9,21H2,1H3. The Labute approximate surface area is 154 Å². The van der Waals surface area contributed by atoms with Crippen molar-refractivity contribution in [1.29, 1.82) is 0 Å². The van der Waals surface area contributed by atoms with E-state index in [2.05, 4.69) is 22.9 Å². The molecule has 0 aromatic heterocycles. The Morgan fingerprint density at radius 3 is 2.67 bits per heavy atom. The van der Waals surface area contributed by atoms with Gasteiger partial charge in [-0.1, -0.05) is 35.7 Å². The first-order valence-corrected chi connectivity index (χ1v) is 10.5. The molecule has 1 amide bonds. The van der Waals surface area contributed by atoms with Gasteiger partial charge in [0.15, 0.2) is 0 Å². The van der Waals surface area contributed by atoms with Crippen molar-refractivity contribution in [1.82, 2.24) is 4.90 Å². The molecule has 1 aliphatic heterocycles. The summed E-state index contributed by atoms with van der Waals surface area (Å²) in [6.07, 6.45) is -0.554. The first kappa shape index (κ1) is 20.4. The summed E-state index contributed by atoms with van der Waals surface area (Å²) >= 11 is 4.90. The van der Waals surface area contributed by atoms with Crippen LogP contribution >= 0.6 is 27.7 Å². The van der Waals surface area contributed by atoms with Gasteiger partial charge in [-0.25, -0.2) is 0 Å². The van der Waals surface area contributed by atoms with E-state index in [0.29, 0.717) is 25.0 Å². The van der Waals surface area contributed by atoms with Crippen LogP contribution in [0.1, 0.15) is 45.4 Å². The molecule has 0 bridgehead atoms. The maximum absolute atomic E-state index is 13.3. The number of nitrogens with zero attached hydrogens (tertiary/aromatic N) is 1. The Morgan fingerprint density at radius 1 is 1.38 bits per heavy atom. The van der Waals surface area contributed by atoms with Gasteiger partial charge in [0.2, 0.25) is 5.91 Å². The van der Waals surface area contributed by atoms with Crippen LogP contribution in [-0.2, 0) is 4.79 Å². The van der Waals surface area contributed by atoms with Crippen molar-refractivity contribution in [2.24, 2.45) is 17.6 Å². The van der Waals surface area contributed by atoms with E-state index in [4.69, 9.17) is 5.73 Å². The first-order chi connectivity index (χ1) is 11.2. The fraction of sp³-hybridized carbons (Fsp3) is 0.938. The first-order valence-electron chi connectivity index (χ1n) is 8.57. The average molecular weight is 431 g/mol. The molecule has 0 aromatic rings. The summed E-state index contributed by atoms with van der Waals surface area (Å²) in [6.45, 7) is 2.28. The van der Waals surface area contributed by atoms with Gasteiger partial charge in [-0.2, -0.15) is 13.2 Å². The molecule has 140 valence electrons. The normalized spacial score (nSPS) is 33.6. The number of alkyl halides is 4. The predicted molar refractivity (Wildman–Crippen MR) is 95.1 cm³/mol. The Balaban J connectivity index is 2.11. The maximum atomic E-state index is 13.3. The van der Waals surface area contributed by atoms with Gasteiger partial charge in [-0.15, -0.1) is 11.8 Å². The molecule has 1 heterocycles. The fourth-order valence-electron chi connectivity index (χ4n) is 3.90. The zero-order valence-corrected chi connectivity index (χ0v) is 16.3. The molecule has 2 fully saturated rings. The zero-order valence-electron chi connectivity index (χ0n) is 13.9. The third-order valence-corrected chi connectivity index (χ3v) is 6.94. The molecule has 24 heavy (non-hydrogen) atoms. The molecule has 2 rings (SSSR count). The molecular weight excluding hydrogens is 405 g/mol. The minimum atomic E-state index is -4.17. The summed E-state index contributed by atoms with van der Waals surface area (Å²) in [7, 11) is 0. The number of rotatable bonds is 5. The highest BCUT2D eigenvalue weighted by atomic mass is 79.9. The highest BCUT2D eigenvalue weighted by molar-refractivity contribution is 9.09. The monoisotopic (exact) mass is 430 g/mol. The van der Waals surface area contributed by atoms with Crippen LogP contribution in [0, 0.1) is 11.8 Å². The number of halogens is 4. The summed E-state index contributed by atoms with van der Waals surface area (Å²) in [5.74, 6) is -1.42. The van der Waals surface area contributed by atoms with E-state index in [-0.39, 0.29) is 35.1 Å². The molecule has 1 saturated carbocycles. The van der Waals surface area contributed by atoms with Crippen LogP contribution < -0.4 is 5.73 Å². The maximum Gasteiger partial charge on any atom is 0.392 e. The van der Waals surface area contributed by atoms with Crippen molar-refractivity contribution in [3.05, 3.63) is 0 Å². The van der Waals surface area contributed by atoms with Gasteiger partial charge in [-0.05, 0) is 31.6 Å². The van der Waals surface area contributed by atoms with Crippen LogP contribution in [0.5, 0.6) is 0 Å². The third kappa shape index (κ3) is 5.27. The third-order valence-electron chi connectivity index (χ3n) is 5.23. The molecule has 1 aliphatic carbocycles. The molecule has 0 aromatic carbocycles. The molecule has 1 saturated heterocycles. The van der Waals surface area contributed by atoms with Crippen molar-refractivity contribution in [2.75, 3.05) is 12.3 Å². The number of amides is 1. The lowest BCUT2D eigenvalue weighted by atomic mass is 9.78. The van der Waals surface area contributed by atoms with Crippen molar-refractivity contribution in [3.63, 3.8) is 0 Å². The SMILES string of the molecule is CC1SCC(=O)N(CC2CCCCC2C(F)(F)F)C1CCC(N)Br. The lowest BCUT2D eigenvalue weighted by Crippen LogP contribution is -2.53. The fourth-order valence-corrected chi connectivity index (χ4v) is 5.24. The van der Waals surface area contributed by atoms with E-state index in [1.165, 1.54) is 0 Å². The van der Waals surface area contributed by atoms with Gasteiger partial charge in [0.25, 0.3) is 0 Å². The van der Waals surface area contributed by atoms with Crippen LogP contribution in [0.2, 0.25) is 0 Å². The Bertz CT molecular complexity index is 436. The molecule has 5 unspecified atom stereocenters. The second kappa shape index (κ2) is 8.62. The van der Waals surface area contributed by atoms with E-state index >= 15 is 0 Å². The molecule has 8 heteroatoms. The number of carbonyl (C=O) groups is 1. The Hall–Kier alpha value is 0.0500. The summed E-state index contributed by atoms with van der Waals surface area (Å²) in [6, 6.07) is -0.0318. The number of hydrogen-bond donors (Lipinski definition) is 1. The Kier molecular flexibility index (Phi) is 7.32. The number of hydrogen-bond acceptors (Lipinski definition) is 3. The molecular formula is C16H26BrF3N2OS. The van der Waals surface area contributed by atoms with Gasteiger partial charge >= 0.3 is 6.18 Å². The van der Waals surface area contributed by atoms with Gasteiger partial charge in [-0.3, -0.25) is 4.79 Å². The lowest BCUT2D eigenvalue weighted by molar-refractivity contribution is -0.199. The van der Waals surface area contributed by atoms with Crippen LogP contribution in [0.4, 0.5) is 13.2 Å². The second-order valence-electron chi connectivity index (χ2n) is 6.92. The van der Waals surface area contributed by atoms with Gasteiger partial charge in [0, 0.05) is 17.8 Å². The summed E-state index contributed by atoms with van der Waals surface area (Å²) in [4.78, 5) is 14.0. The quantitative estimate of drug-likeness (QED) is 0.526. The zero-order chi connectivity index (χ0) is 17.9. The van der Waals surface area contributed by atoms with Crippen molar-refractivity contribution >= 4 is 33.6 Å². The van der Waals surface area contributed by atoms with E-state index in [1.54, 1.807) is 16.7 Å². The van der Waals surface area contributed by atoms with Crippen LogP contribution in [0.15, 0.2) is 0 Å². The van der Waals surface area contributed by atoms with E-state index in [0.717, 1.165) is 12.8 Å². The van der Waals surface area contributed by atoms with Gasteiger partial charge in [0.1, 0.15) is 0 Å². The van der Waals surface area contributed by atoms with Crippen LogP contribution in [0.25, 0.3) is 0 Å². The topological polar surface area (TPSA) is 46.3 Å². The Morgan fingerprint density at radius 2 is 2.04 bits per heavy atom. The van der Waals surface area contributed by atoms with Crippen LogP contribution in [0.3, 0.4) is 0 Å². The predicted octanol–water partition coefficient (Wildman–Crippen LogP) is 4.15. The molecule has 5 atom stereocenters. The largest absolute Gasteiger partial charge is 0.392 e. The van der Waals surface area contributed by atoms with Gasteiger partial charge < -0.3 is 10.6 Å². The second-order valence-corrected chi connectivity index (χ2v) is 9.46. The molecule has 2 N–H and O–H groups in total. The van der Waals surface area contributed by atoms with Gasteiger partial charge in [0.05, 0.1) is 16.6 Å². The minimum absolute atomic E-state index is 0.0299. The summed E-state index contributed by atoms with van der Waals surface area (Å²) in [5, 5.41) is 0.224. The molecule has 3 nitrogen and oxygen atoms in total. The van der Waals surface area contributed by atoms with Crippen molar-refractivity contribution < 1.29 is 18.0 Å². The van der Waals surface area contributed by atoms with Crippen molar-refractivity contribution in [3.8, 4) is 0 Å². The van der Waals surface area contributed by atoms with E-state index in [1.807, 2.05) is 0 Å². The minimum Gasteiger partial charge on any atom is -0.338 e. The smallest absolute Gasteiger partial charge is 0.338 e. The molecule has 0 radical (unpaired) electrons. The summed E-state index contributed by atoms with van der Waals surface area (Å²) < 4.78 is 40.0. The van der Waals surface area contributed by atoms with Crippen LogP contribution in [-0.4, -0.2) is 45.5 Å².